The van der Waals surface area contributed by atoms with E-state index in [-0.39, 0.29) is 12.5 Å². The van der Waals surface area contributed by atoms with Crippen LogP contribution in [0.2, 0.25) is 0 Å². The summed E-state index contributed by atoms with van der Waals surface area (Å²) in [5.41, 5.74) is 1.86. The summed E-state index contributed by atoms with van der Waals surface area (Å²) in [4.78, 5) is 0. The Morgan fingerprint density at radius 2 is 1.76 bits per heavy atom. The summed E-state index contributed by atoms with van der Waals surface area (Å²) < 4.78 is 0. The molecule has 2 nitrogen and oxygen atoms in total. The van der Waals surface area contributed by atoms with E-state index in [1.165, 1.54) is 11.1 Å². The van der Waals surface area contributed by atoms with Crippen LogP contribution in [-0.4, -0.2) is 22.4 Å². The lowest BCUT2D eigenvalue weighted by atomic mass is 9.88. The fourth-order valence-corrected chi connectivity index (χ4v) is 1.62. The van der Waals surface area contributed by atoms with Crippen LogP contribution < -0.4 is 0 Å². The van der Waals surface area contributed by atoms with Crippen LogP contribution in [0, 0.1) is 5.92 Å². The summed E-state index contributed by atoms with van der Waals surface area (Å²) in [5.74, 6) is -0.0825. The highest BCUT2D eigenvalue weighted by atomic mass is 16.3. The van der Waals surface area contributed by atoms with Crippen molar-refractivity contribution >= 4 is 0 Å². The lowest BCUT2D eigenvalue weighted by Crippen LogP contribution is -2.33. The molecule has 0 rings (SSSR count). The van der Waals surface area contributed by atoms with Gasteiger partial charge >= 0.3 is 0 Å². The first-order valence-corrected chi connectivity index (χ1v) is 6.39. The second-order valence-corrected chi connectivity index (χ2v) is 5.64. The SMILES string of the molecule is CC(C)=CCC/C(C)=C/CC(CO)C(C)(C)O. The Labute approximate surface area is 106 Å². The topological polar surface area (TPSA) is 40.5 Å². The van der Waals surface area contributed by atoms with Crippen molar-refractivity contribution in [3.05, 3.63) is 23.3 Å². The number of aliphatic hydroxyl groups excluding tert-OH is 1. The summed E-state index contributed by atoms with van der Waals surface area (Å²) in [6.45, 7) is 9.85. The van der Waals surface area contributed by atoms with Gasteiger partial charge in [0.25, 0.3) is 0 Å². The van der Waals surface area contributed by atoms with Gasteiger partial charge in [-0.3, -0.25) is 0 Å². The highest BCUT2D eigenvalue weighted by Crippen LogP contribution is 2.21. The van der Waals surface area contributed by atoms with Crippen LogP contribution in [-0.2, 0) is 0 Å². The van der Waals surface area contributed by atoms with Gasteiger partial charge in [0, 0.05) is 12.5 Å². The number of aliphatic hydroxyl groups is 2. The maximum atomic E-state index is 9.84. The van der Waals surface area contributed by atoms with E-state index < -0.39 is 5.60 Å². The average Bonchev–Trinajstić information content (AvgIpc) is 2.15. The minimum Gasteiger partial charge on any atom is -0.396 e. The Hall–Kier alpha value is -0.600. The van der Waals surface area contributed by atoms with Crippen molar-refractivity contribution in [3.63, 3.8) is 0 Å². The van der Waals surface area contributed by atoms with Gasteiger partial charge in [0.2, 0.25) is 0 Å². The quantitative estimate of drug-likeness (QED) is 0.669. The van der Waals surface area contributed by atoms with Crippen molar-refractivity contribution in [2.75, 3.05) is 6.61 Å². The van der Waals surface area contributed by atoms with Crippen molar-refractivity contribution < 1.29 is 10.2 Å². The monoisotopic (exact) mass is 240 g/mol. The summed E-state index contributed by atoms with van der Waals surface area (Å²) >= 11 is 0. The molecule has 0 aromatic carbocycles. The maximum absolute atomic E-state index is 9.84. The average molecular weight is 240 g/mol. The van der Waals surface area contributed by atoms with Gasteiger partial charge in [0.1, 0.15) is 0 Å². The van der Waals surface area contributed by atoms with Gasteiger partial charge in [0.15, 0.2) is 0 Å². The molecule has 0 bridgehead atoms. The maximum Gasteiger partial charge on any atom is 0.0644 e. The van der Waals surface area contributed by atoms with E-state index >= 15 is 0 Å². The molecule has 0 saturated heterocycles. The molecule has 0 heterocycles. The fraction of sp³-hybridized carbons (Fsp3) is 0.733. The van der Waals surface area contributed by atoms with Crippen molar-refractivity contribution in [3.8, 4) is 0 Å². The lowest BCUT2D eigenvalue weighted by Gasteiger charge is -2.26. The number of hydrogen-bond donors (Lipinski definition) is 2. The third-order valence-electron chi connectivity index (χ3n) is 3.06. The predicted molar refractivity (Wildman–Crippen MR) is 73.9 cm³/mol. The van der Waals surface area contributed by atoms with Gasteiger partial charge in [-0.25, -0.2) is 0 Å². The molecular formula is C15H28O2. The second-order valence-electron chi connectivity index (χ2n) is 5.64. The minimum atomic E-state index is -0.814. The van der Waals surface area contributed by atoms with Crippen LogP contribution in [0.1, 0.15) is 53.9 Å². The summed E-state index contributed by atoms with van der Waals surface area (Å²) in [7, 11) is 0. The molecule has 0 aliphatic heterocycles. The van der Waals surface area contributed by atoms with Crippen LogP contribution in [0.5, 0.6) is 0 Å². The Kier molecular flexibility index (Phi) is 7.40. The van der Waals surface area contributed by atoms with Crippen molar-refractivity contribution in [2.24, 2.45) is 5.92 Å². The zero-order chi connectivity index (χ0) is 13.5. The standard InChI is InChI=1S/C15H28O2/c1-12(2)7-6-8-13(3)9-10-14(11-16)15(4,5)17/h7,9,14,16-17H,6,8,10-11H2,1-5H3/b13-9+. The minimum absolute atomic E-state index is 0.0290. The molecule has 0 aromatic heterocycles. The van der Waals surface area contributed by atoms with Gasteiger partial charge in [0.05, 0.1) is 5.60 Å². The molecule has 0 aromatic rings. The molecule has 0 radical (unpaired) electrons. The molecule has 17 heavy (non-hydrogen) atoms. The second kappa shape index (κ2) is 7.67. The first kappa shape index (κ1) is 16.4. The largest absolute Gasteiger partial charge is 0.396 e. The first-order valence-electron chi connectivity index (χ1n) is 6.39. The van der Waals surface area contributed by atoms with E-state index in [0.29, 0.717) is 0 Å². The molecule has 0 fully saturated rings. The highest BCUT2D eigenvalue weighted by Gasteiger charge is 2.24. The van der Waals surface area contributed by atoms with Crippen molar-refractivity contribution in [1.29, 1.82) is 0 Å². The van der Waals surface area contributed by atoms with Gasteiger partial charge in [-0.2, -0.15) is 0 Å². The Morgan fingerprint density at radius 3 is 2.18 bits per heavy atom. The van der Waals surface area contributed by atoms with Crippen molar-refractivity contribution in [2.45, 2.75) is 59.5 Å². The Balaban J connectivity index is 4.17. The van der Waals surface area contributed by atoms with Crippen LogP contribution >= 0.6 is 0 Å². The molecule has 1 unspecified atom stereocenters. The van der Waals surface area contributed by atoms with Gasteiger partial charge in [-0.15, -0.1) is 0 Å². The molecule has 1 atom stereocenters. The fourth-order valence-electron chi connectivity index (χ4n) is 1.62. The van der Waals surface area contributed by atoms with Gasteiger partial charge in [-0.05, 0) is 53.9 Å². The van der Waals surface area contributed by atoms with Crippen molar-refractivity contribution in [1.82, 2.24) is 0 Å². The van der Waals surface area contributed by atoms with E-state index in [4.69, 9.17) is 0 Å². The van der Waals surface area contributed by atoms with Crippen LogP contribution in [0.4, 0.5) is 0 Å². The van der Waals surface area contributed by atoms with E-state index in [0.717, 1.165) is 19.3 Å². The number of allylic oxidation sites excluding steroid dienone is 4. The molecule has 0 amide bonds. The number of rotatable bonds is 7. The molecule has 0 spiro atoms. The van der Waals surface area contributed by atoms with E-state index in [1.54, 1.807) is 13.8 Å². The smallest absolute Gasteiger partial charge is 0.0644 e. The molecule has 2 heteroatoms. The van der Waals surface area contributed by atoms with Crippen LogP contribution in [0.25, 0.3) is 0 Å². The molecule has 2 N–H and O–H groups in total. The normalized spacial score (nSPS) is 14.6. The van der Waals surface area contributed by atoms with Gasteiger partial charge in [-0.1, -0.05) is 23.3 Å². The van der Waals surface area contributed by atoms with E-state index in [2.05, 4.69) is 32.9 Å². The zero-order valence-electron chi connectivity index (χ0n) is 12.0. The molecule has 100 valence electrons. The van der Waals surface area contributed by atoms with Crippen LogP contribution in [0.15, 0.2) is 23.3 Å². The van der Waals surface area contributed by atoms with E-state index in [1.807, 2.05) is 0 Å². The molecule has 0 aliphatic carbocycles. The molecule has 0 saturated carbocycles. The van der Waals surface area contributed by atoms with Gasteiger partial charge < -0.3 is 10.2 Å². The van der Waals surface area contributed by atoms with Crippen LogP contribution in [0.3, 0.4) is 0 Å². The van der Waals surface area contributed by atoms with E-state index in [9.17, 15) is 10.2 Å². The third kappa shape index (κ3) is 8.17. The predicted octanol–water partition coefficient (Wildman–Crippen LogP) is 3.45. The first-order chi connectivity index (χ1) is 7.77. The summed E-state index contributed by atoms with van der Waals surface area (Å²) in [5, 5.41) is 19.1. The Morgan fingerprint density at radius 1 is 1.18 bits per heavy atom. The molecule has 0 aliphatic rings. The molecular weight excluding hydrogens is 212 g/mol. The summed E-state index contributed by atoms with van der Waals surface area (Å²) in [6.07, 6.45) is 7.22. The highest BCUT2D eigenvalue weighted by molar-refractivity contribution is 5.03. The summed E-state index contributed by atoms with van der Waals surface area (Å²) in [6, 6.07) is 0. The zero-order valence-corrected chi connectivity index (χ0v) is 12.0. The number of hydrogen-bond acceptors (Lipinski definition) is 2. The Bertz CT molecular complexity index is 265. The lowest BCUT2D eigenvalue weighted by molar-refractivity contribution is -0.00704. The third-order valence-corrected chi connectivity index (χ3v) is 3.06.